The summed E-state index contributed by atoms with van der Waals surface area (Å²) >= 11 is 0. The number of benzene rings is 2. The molecule has 122 valence electrons. The molecule has 6 heteroatoms. The number of nitrogens with zero attached hydrogens (tertiary/aromatic N) is 3. The zero-order valence-corrected chi connectivity index (χ0v) is 13.2. The number of carbonyl (C=O) groups excluding carboxylic acids is 1. The van der Waals surface area contributed by atoms with Gasteiger partial charge < -0.3 is 5.32 Å². The standard InChI is InChI=1S/C18H17FN4O/c1-13(10-23-12-20-11-21-23)18(24)22-17-7-5-14(6-8-17)15-3-2-4-16(19)9-15/h2-9,11-13H,10H2,1H3,(H,22,24)/t13-/m1/s1. The van der Waals surface area contributed by atoms with Gasteiger partial charge in [-0.05, 0) is 35.4 Å². The van der Waals surface area contributed by atoms with Crippen LogP contribution in [0.5, 0.6) is 0 Å². The van der Waals surface area contributed by atoms with Gasteiger partial charge >= 0.3 is 0 Å². The molecule has 5 nitrogen and oxygen atoms in total. The molecule has 2 aromatic carbocycles. The average molecular weight is 324 g/mol. The highest BCUT2D eigenvalue weighted by molar-refractivity contribution is 5.92. The fraction of sp³-hybridized carbons (Fsp3) is 0.167. The zero-order valence-electron chi connectivity index (χ0n) is 13.2. The predicted octanol–water partition coefficient (Wildman–Crippen LogP) is 3.36. The highest BCUT2D eigenvalue weighted by Gasteiger charge is 2.14. The maximum atomic E-state index is 13.3. The lowest BCUT2D eigenvalue weighted by atomic mass is 10.1. The van der Waals surface area contributed by atoms with Crippen LogP contribution < -0.4 is 5.32 Å². The first-order valence-corrected chi connectivity index (χ1v) is 7.61. The average Bonchev–Trinajstić information content (AvgIpc) is 3.08. The molecule has 1 amide bonds. The van der Waals surface area contributed by atoms with Crippen molar-refractivity contribution in [1.29, 1.82) is 0 Å². The molecule has 0 spiro atoms. The summed E-state index contributed by atoms with van der Waals surface area (Å²) in [6, 6.07) is 13.7. The molecule has 0 saturated heterocycles. The summed E-state index contributed by atoms with van der Waals surface area (Å²) in [5, 5.41) is 6.86. The van der Waals surface area contributed by atoms with Gasteiger partial charge in [0, 0.05) is 5.69 Å². The highest BCUT2D eigenvalue weighted by Crippen LogP contribution is 2.22. The third-order valence-electron chi connectivity index (χ3n) is 3.69. The molecule has 1 heterocycles. The Balaban J connectivity index is 1.64. The van der Waals surface area contributed by atoms with Crippen molar-refractivity contribution in [2.24, 2.45) is 5.92 Å². The monoisotopic (exact) mass is 324 g/mol. The fourth-order valence-electron chi connectivity index (χ4n) is 2.37. The van der Waals surface area contributed by atoms with E-state index in [2.05, 4.69) is 15.4 Å². The van der Waals surface area contributed by atoms with E-state index in [0.29, 0.717) is 12.2 Å². The maximum absolute atomic E-state index is 13.3. The number of halogens is 1. The van der Waals surface area contributed by atoms with E-state index in [1.807, 2.05) is 25.1 Å². The molecular weight excluding hydrogens is 307 g/mol. The van der Waals surface area contributed by atoms with E-state index < -0.39 is 0 Å². The minimum absolute atomic E-state index is 0.0935. The Kier molecular flexibility index (Phi) is 4.65. The second-order valence-electron chi connectivity index (χ2n) is 5.60. The minimum Gasteiger partial charge on any atom is -0.326 e. The van der Waals surface area contributed by atoms with Crippen molar-refractivity contribution in [2.75, 3.05) is 5.32 Å². The van der Waals surface area contributed by atoms with Crippen LogP contribution in [0.3, 0.4) is 0 Å². The van der Waals surface area contributed by atoms with E-state index >= 15 is 0 Å². The molecule has 24 heavy (non-hydrogen) atoms. The van der Waals surface area contributed by atoms with Gasteiger partial charge in [0.15, 0.2) is 0 Å². The minimum atomic E-state index is -0.271. The van der Waals surface area contributed by atoms with Gasteiger partial charge in [-0.1, -0.05) is 31.2 Å². The van der Waals surface area contributed by atoms with Gasteiger partial charge in [-0.2, -0.15) is 5.10 Å². The summed E-state index contributed by atoms with van der Waals surface area (Å²) in [5.74, 6) is -0.606. The first kappa shape index (κ1) is 15.9. The summed E-state index contributed by atoms with van der Waals surface area (Å²) in [4.78, 5) is 16.1. The maximum Gasteiger partial charge on any atom is 0.229 e. The molecule has 3 rings (SSSR count). The Morgan fingerprint density at radius 3 is 2.67 bits per heavy atom. The summed E-state index contributed by atoms with van der Waals surface area (Å²) in [6.07, 6.45) is 3.02. The number of anilines is 1. The van der Waals surface area contributed by atoms with Crippen LogP contribution in [0.4, 0.5) is 10.1 Å². The van der Waals surface area contributed by atoms with Crippen molar-refractivity contribution in [1.82, 2.24) is 14.8 Å². The normalized spacial score (nSPS) is 11.9. The largest absolute Gasteiger partial charge is 0.326 e. The van der Waals surface area contributed by atoms with Gasteiger partial charge in [0.05, 0.1) is 12.5 Å². The third-order valence-corrected chi connectivity index (χ3v) is 3.69. The van der Waals surface area contributed by atoms with Crippen molar-refractivity contribution >= 4 is 11.6 Å². The van der Waals surface area contributed by atoms with E-state index in [0.717, 1.165) is 11.1 Å². The Labute approximate surface area is 139 Å². The van der Waals surface area contributed by atoms with E-state index in [9.17, 15) is 9.18 Å². The molecule has 0 fully saturated rings. The Morgan fingerprint density at radius 1 is 1.21 bits per heavy atom. The quantitative estimate of drug-likeness (QED) is 0.783. The lowest BCUT2D eigenvalue weighted by Crippen LogP contribution is -2.24. The molecule has 0 aliphatic carbocycles. The second-order valence-corrected chi connectivity index (χ2v) is 5.60. The van der Waals surface area contributed by atoms with Gasteiger partial charge in [-0.15, -0.1) is 0 Å². The van der Waals surface area contributed by atoms with Crippen molar-refractivity contribution in [2.45, 2.75) is 13.5 Å². The van der Waals surface area contributed by atoms with Crippen LogP contribution in [0.1, 0.15) is 6.92 Å². The molecule has 0 aliphatic rings. The van der Waals surface area contributed by atoms with E-state index in [1.54, 1.807) is 29.2 Å². The number of aromatic nitrogens is 3. The van der Waals surface area contributed by atoms with Gasteiger partial charge in [0.2, 0.25) is 5.91 Å². The van der Waals surface area contributed by atoms with Gasteiger partial charge in [0.1, 0.15) is 18.5 Å². The Hall–Kier alpha value is -3.02. The zero-order chi connectivity index (χ0) is 16.9. The van der Waals surface area contributed by atoms with Gasteiger partial charge in [-0.25, -0.2) is 9.37 Å². The van der Waals surface area contributed by atoms with Gasteiger partial charge in [-0.3, -0.25) is 9.48 Å². The van der Waals surface area contributed by atoms with Crippen LogP contribution in [0.25, 0.3) is 11.1 Å². The first-order valence-electron chi connectivity index (χ1n) is 7.61. The number of nitrogens with one attached hydrogen (secondary N) is 1. The Morgan fingerprint density at radius 2 is 2.00 bits per heavy atom. The summed E-state index contributed by atoms with van der Waals surface area (Å²) in [7, 11) is 0. The van der Waals surface area contributed by atoms with E-state index in [1.165, 1.54) is 18.5 Å². The third kappa shape index (κ3) is 3.84. The van der Waals surface area contributed by atoms with Crippen molar-refractivity contribution in [3.63, 3.8) is 0 Å². The van der Waals surface area contributed by atoms with Crippen LogP contribution in [-0.4, -0.2) is 20.7 Å². The summed E-state index contributed by atoms with van der Waals surface area (Å²) < 4.78 is 14.9. The second kappa shape index (κ2) is 7.04. The smallest absolute Gasteiger partial charge is 0.229 e. The molecular formula is C18H17FN4O. The van der Waals surface area contributed by atoms with Crippen LogP contribution in [0, 0.1) is 11.7 Å². The molecule has 0 saturated carbocycles. The highest BCUT2D eigenvalue weighted by atomic mass is 19.1. The number of hydrogen-bond acceptors (Lipinski definition) is 3. The van der Waals surface area contributed by atoms with Crippen LogP contribution in [0.15, 0.2) is 61.2 Å². The lowest BCUT2D eigenvalue weighted by Gasteiger charge is -2.12. The summed E-state index contributed by atoms with van der Waals surface area (Å²) in [6.45, 7) is 2.30. The molecule has 0 bridgehead atoms. The topological polar surface area (TPSA) is 59.8 Å². The fourth-order valence-corrected chi connectivity index (χ4v) is 2.37. The molecule has 1 N–H and O–H groups in total. The predicted molar refractivity (Wildman–Crippen MR) is 89.7 cm³/mol. The summed E-state index contributed by atoms with van der Waals surface area (Å²) in [5.41, 5.74) is 2.39. The van der Waals surface area contributed by atoms with Crippen LogP contribution >= 0.6 is 0 Å². The number of carbonyl (C=O) groups is 1. The number of rotatable bonds is 5. The SMILES string of the molecule is C[C@H](Cn1cncn1)C(=O)Nc1ccc(-c2cccc(F)c2)cc1. The van der Waals surface area contributed by atoms with Crippen molar-refractivity contribution in [3.05, 3.63) is 67.0 Å². The van der Waals surface area contributed by atoms with Gasteiger partial charge in [0.25, 0.3) is 0 Å². The molecule has 0 aliphatic heterocycles. The Bertz CT molecular complexity index is 815. The number of hydrogen-bond donors (Lipinski definition) is 1. The van der Waals surface area contributed by atoms with Crippen molar-refractivity contribution in [3.8, 4) is 11.1 Å². The molecule has 0 unspecified atom stereocenters. The molecule has 1 aromatic heterocycles. The molecule has 3 aromatic rings. The molecule has 0 radical (unpaired) electrons. The first-order chi connectivity index (χ1) is 11.6. The molecule has 1 atom stereocenters. The van der Waals surface area contributed by atoms with E-state index in [-0.39, 0.29) is 17.6 Å². The van der Waals surface area contributed by atoms with Crippen molar-refractivity contribution < 1.29 is 9.18 Å². The lowest BCUT2D eigenvalue weighted by molar-refractivity contribution is -0.119. The van der Waals surface area contributed by atoms with Crippen LogP contribution in [0.2, 0.25) is 0 Å². The van der Waals surface area contributed by atoms with Crippen LogP contribution in [-0.2, 0) is 11.3 Å². The van der Waals surface area contributed by atoms with E-state index in [4.69, 9.17) is 0 Å². The number of amides is 1.